The predicted molar refractivity (Wildman–Crippen MR) is 82.8 cm³/mol. The molecule has 1 aliphatic rings. The molecule has 1 aliphatic heterocycles. The first kappa shape index (κ1) is 17.3. The van der Waals surface area contributed by atoms with E-state index in [4.69, 9.17) is 4.74 Å². The average Bonchev–Trinajstić information content (AvgIpc) is 2.22. The molecule has 0 aliphatic carbocycles. The van der Waals surface area contributed by atoms with Crippen molar-refractivity contribution in [3.05, 3.63) is 0 Å². The van der Waals surface area contributed by atoms with Crippen LogP contribution in [0.3, 0.4) is 0 Å². The fourth-order valence-corrected chi connectivity index (χ4v) is 2.43. The second-order valence-corrected chi connectivity index (χ2v) is 8.36. The lowest BCUT2D eigenvalue weighted by Crippen LogP contribution is -2.52. The molecule has 1 saturated heterocycles. The van der Waals surface area contributed by atoms with Gasteiger partial charge in [0.1, 0.15) is 5.60 Å². The van der Waals surface area contributed by atoms with Crippen LogP contribution in [-0.2, 0) is 4.74 Å². The second kappa shape index (κ2) is 6.33. The highest BCUT2D eigenvalue weighted by molar-refractivity contribution is 5.68. The molecule has 1 amide bonds. The number of nitrogens with zero attached hydrogens (tertiary/aromatic N) is 1. The lowest BCUT2D eigenvalue weighted by molar-refractivity contribution is 0.0134. The third kappa shape index (κ3) is 6.60. The number of hydrogen-bond donors (Lipinski definition) is 1. The molecule has 0 aromatic carbocycles. The lowest BCUT2D eigenvalue weighted by atomic mass is 9.93. The molecule has 1 fully saturated rings. The van der Waals surface area contributed by atoms with E-state index >= 15 is 0 Å². The largest absolute Gasteiger partial charge is 0.444 e. The van der Waals surface area contributed by atoms with Crippen molar-refractivity contribution >= 4 is 6.09 Å². The van der Waals surface area contributed by atoms with Crippen LogP contribution in [0.2, 0.25) is 0 Å². The summed E-state index contributed by atoms with van der Waals surface area (Å²) in [4.78, 5) is 14.0. The molecule has 4 heteroatoms. The molecule has 2 unspecified atom stereocenters. The van der Waals surface area contributed by atoms with E-state index < -0.39 is 5.60 Å². The van der Waals surface area contributed by atoms with E-state index in [1.54, 1.807) is 0 Å². The van der Waals surface area contributed by atoms with Gasteiger partial charge in [0.2, 0.25) is 0 Å². The Morgan fingerprint density at radius 2 is 1.80 bits per heavy atom. The number of hydrogen-bond acceptors (Lipinski definition) is 3. The van der Waals surface area contributed by atoms with E-state index in [-0.39, 0.29) is 11.5 Å². The molecule has 0 saturated carbocycles. The van der Waals surface area contributed by atoms with Crippen molar-refractivity contribution in [1.29, 1.82) is 0 Å². The van der Waals surface area contributed by atoms with E-state index in [0.717, 1.165) is 26.1 Å². The van der Waals surface area contributed by atoms with Gasteiger partial charge in [-0.25, -0.2) is 4.79 Å². The van der Waals surface area contributed by atoms with Crippen LogP contribution < -0.4 is 5.32 Å². The van der Waals surface area contributed by atoms with Crippen LogP contribution >= 0.6 is 0 Å². The van der Waals surface area contributed by atoms with Gasteiger partial charge in [-0.1, -0.05) is 27.7 Å². The summed E-state index contributed by atoms with van der Waals surface area (Å²) in [6, 6.07) is 0.366. The quantitative estimate of drug-likeness (QED) is 0.846. The lowest BCUT2D eigenvalue weighted by Gasteiger charge is -2.38. The van der Waals surface area contributed by atoms with Crippen LogP contribution in [0.1, 0.15) is 54.9 Å². The van der Waals surface area contributed by atoms with Crippen LogP contribution in [0.4, 0.5) is 4.79 Å². The molecule has 1 rings (SSSR count). The molecule has 0 spiro atoms. The van der Waals surface area contributed by atoms with Crippen molar-refractivity contribution in [2.24, 2.45) is 11.3 Å². The Kier molecular flexibility index (Phi) is 5.47. The summed E-state index contributed by atoms with van der Waals surface area (Å²) in [6.45, 7) is 17.1. The summed E-state index contributed by atoms with van der Waals surface area (Å²) in [5, 5.41) is 3.59. The van der Waals surface area contributed by atoms with Gasteiger partial charge in [0.05, 0.1) is 0 Å². The van der Waals surface area contributed by atoms with Crippen molar-refractivity contribution in [3.8, 4) is 0 Å². The predicted octanol–water partition coefficient (Wildman–Crippen LogP) is 3.27. The van der Waals surface area contributed by atoms with E-state index in [0.29, 0.717) is 12.0 Å². The summed E-state index contributed by atoms with van der Waals surface area (Å²) in [5.74, 6) is 0.508. The van der Waals surface area contributed by atoms with Crippen LogP contribution in [0.15, 0.2) is 0 Å². The van der Waals surface area contributed by atoms with Gasteiger partial charge >= 0.3 is 6.09 Å². The van der Waals surface area contributed by atoms with Gasteiger partial charge in [-0.3, -0.25) is 0 Å². The Labute approximate surface area is 124 Å². The Balaban J connectivity index is 2.55. The van der Waals surface area contributed by atoms with Crippen LogP contribution in [0.5, 0.6) is 0 Å². The van der Waals surface area contributed by atoms with E-state index in [1.165, 1.54) is 0 Å². The minimum absolute atomic E-state index is 0.188. The number of nitrogens with one attached hydrogen (secondary N) is 1. The van der Waals surface area contributed by atoms with Crippen LogP contribution in [0.25, 0.3) is 0 Å². The van der Waals surface area contributed by atoms with Gasteiger partial charge in [-0.15, -0.1) is 0 Å². The SMILES string of the molecule is CC1CC(NCC(C)(C)C)CN(C(=O)OC(C)(C)C)C1. The molecule has 118 valence electrons. The fourth-order valence-electron chi connectivity index (χ4n) is 2.43. The molecule has 2 atom stereocenters. The molecule has 0 aromatic rings. The third-order valence-electron chi connectivity index (χ3n) is 3.23. The first-order valence-electron chi connectivity index (χ1n) is 7.67. The smallest absolute Gasteiger partial charge is 0.410 e. The second-order valence-electron chi connectivity index (χ2n) is 8.36. The molecule has 0 radical (unpaired) electrons. The maximum absolute atomic E-state index is 12.2. The van der Waals surface area contributed by atoms with E-state index in [1.807, 2.05) is 25.7 Å². The van der Waals surface area contributed by atoms with Gasteiger partial charge < -0.3 is 15.0 Å². The number of likely N-dealkylation sites (tertiary alicyclic amines) is 1. The number of ether oxygens (including phenoxy) is 1. The van der Waals surface area contributed by atoms with Gasteiger partial charge in [-0.05, 0) is 38.5 Å². The first-order chi connectivity index (χ1) is 8.96. The molecule has 0 bridgehead atoms. The first-order valence-corrected chi connectivity index (χ1v) is 7.67. The highest BCUT2D eigenvalue weighted by Gasteiger charge is 2.31. The van der Waals surface area contributed by atoms with Crippen molar-refractivity contribution in [2.75, 3.05) is 19.6 Å². The number of amides is 1. The van der Waals surface area contributed by atoms with E-state index in [2.05, 4.69) is 33.0 Å². The Bertz CT molecular complexity index is 328. The Hall–Kier alpha value is -0.770. The van der Waals surface area contributed by atoms with Gasteiger partial charge in [0.15, 0.2) is 0 Å². The molecule has 1 N–H and O–H groups in total. The van der Waals surface area contributed by atoms with E-state index in [9.17, 15) is 4.79 Å². The summed E-state index contributed by atoms with van der Waals surface area (Å²) in [7, 11) is 0. The topological polar surface area (TPSA) is 41.6 Å². The van der Waals surface area contributed by atoms with Crippen molar-refractivity contribution in [1.82, 2.24) is 10.2 Å². The maximum Gasteiger partial charge on any atom is 0.410 e. The molecular weight excluding hydrogens is 252 g/mol. The number of rotatable bonds is 2. The van der Waals surface area contributed by atoms with Gasteiger partial charge in [0, 0.05) is 25.7 Å². The number of piperidine rings is 1. The zero-order valence-corrected chi connectivity index (χ0v) is 14.2. The number of carbonyl (C=O) groups excluding carboxylic acids is 1. The molecular formula is C16H32N2O2. The summed E-state index contributed by atoms with van der Waals surface area (Å²) < 4.78 is 5.48. The van der Waals surface area contributed by atoms with Gasteiger partial charge in [-0.2, -0.15) is 0 Å². The highest BCUT2D eigenvalue weighted by atomic mass is 16.6. The summed E-state index contributed by atoms with van der Waals surface area (Å²) in [5.41, 5.74) is -0.163. The monoisotopic (exact) mass is 284 g/mol. The molecule has 0 aromatic heterocycles. The highest BCUT2D eigenvalue weighted by Crippen LogP contribution is 2.20. The van der Waals surface area contributed by atoms with Crippen LogP contribution in [-0.4, -0.2) is 42.3 Å². The average molecular weight is 284 g/mol. The summed E-state index contributed by atoms with van der Waals surface area (Å²) in [6.07, 6.45) is 0.932. The zero-order chi connectivity index (χ0) is 15.6. The molecule has 1 heterocycles. The standard InChI is InChI=1S/C16H32N2O2/c1-12-8-13(17-11-15(2,3)4)10-18(9-12)14(19)20-16(5,6)7/h12-13,17H,8-11H2,1-7H3. The van der Waals surface area contributed by atoms with Crippen molar-refractivity contribution in [3.63, 3.8) is 0 Å². The molecule has 20 heavy (non-hydrogen) atoms. The van der Waals surface area contributed by atoms with Gasteiger partial charge in [0.25, 0.3) is 0 Å². The number of carbonyl (C=O) groups is 1. The molecule has 4 nitrogen and oxygen atoms in total. The Morgan fingerprint density at radius 1 is 1.20 bits per heavy atom. The summed E-state index contributed by atoms with van der Waals surface area (Å²) >= 11 is 0. The normalized spacial score (nSPS) is 24.6. The Morgan fingerprint density at radius 3 is 2.30 bits per heavy atom. The minimum Gasteiger partial charge on any atom is -0.444 e. The zero-order valence-electron chi connectivity index (χ0n) is 14.2. The minimum atomic E-state index is -0.425. The maximum atomic E-state index is 12.2. The fraction of sp³-hybridized carbons (Fsp3) is 0.938. The third-order valence-corrected chi connectivity index (χ3v) is 3.23. The van der Waals surface area contributed by atoms with Crippen molar-refractivity contribution < 1.29 is 9.53 Å². The van der Waals surface area contributed by atoms with Crippen LogP contribution in [0, 0.1) is 11.3 Å². The van der Waals surface area contributed by atoms with Crippen molar-refractivity contribution in [2.45, 2.75) is 66.5 Å².